The zero-order valence-electron chi connectivity index (χ0n) is 11.3. The van der Waals surface area contributed by atoms with Crippen molar-refractivity contribution in [3.05, 3.63) is 52.5 Å². The van der Waals surface area contributed by atoms with Crippen LogP contribution in [0.4, 0.5) is 17.1 Å². The number of benzene rings is 2. The molecular weight excluding hydrogens is 274 g/mol. The molecule has 2 aromatic carbocycles. The van der Waals surface area contributed by atoms with E-state index in [-0.39, 0.29) is 5.91 Å². The van der Waals surface area contributed by atoms with Crippen LogP contribution in [0.3, 0.4) is 0 Å². The van der Waals surface area contributed by atoms with Crippen LogP contribution in [0.2, 0.25) is 5.02 Å². The van der Waals surface area contributed by atoms with Crippen molar-refractivity contribution in [1.82, 2.24) is 5.32 Å². The average molecular weight is 290 g/mol. The lowest BCUT2D eigenvalue weighted by atomic mass is 10.1. The summed E-state index contributed by atoms with van der Waals surface area (Å²) in [7, 11) is 1.58. The van der Waals surface area contributed by atoms with Gasteiger partial charge in [-0.1, -0.05) is 17.7 Å². The molecule has 0 spiro atoms. The third-order valence-electron chi connectivity index (χ3n) is 3.05. The molecule has 0 aliphatic heterocycles. The number of rotatable bonds is 3. The molecule has 104 valence electrons. The zero-order chi connectivity index (χ0) is 14.7. The molecule has 1 amide bonds. The van der Waals surface area contributed by atoms with Gasteiger partial charge in [-0.15, -0.1) is 0 Å². The molecule has 4 nitrogen and oxygen atoms in total. The van der Waals surface area contributed by atoms with E-state index in [1.165, 1.54) is 0 Å². The van der Waals surface area contributed by atoms with E-state index >= 15 is 0 Å². The Balaban J connectivity index is 2.43. The number of carbonyl (C=O) groups excluding carboxylic acids is 1. The van der Waals surface area contributed by atoms with E-state index in [4.69, 9.17) is 17.3 Å². The normalized spacial score (nSPS) is 10.2. The average Bonchev–Trinajstić information content (AvgIpc) is 2.44. The maximum Gasteiger partial charge on any atom is 0.253 e. The molecule has 20 heavy (non-hydrogen) atoms. The van der Waals surface area contributed by atoms with Crippen molar-refractivity contribution >= 4 is 34.6 Å². The maximum absolute atomic E-state index is 11.9. The van der Waals surface area contributed by atoms with Gasteiger partial charge in [0.2, 0.25) is 0 Å². The van der Waals surface area contributed by atoms with Crippen molar-refractivity contribution in [3.63, 3.8) is 0 Å². The summed E-state index contributed by atoms with van der Waals surface area (Å²) in [6, 6.07) is 10.8. The van der Waals surface area contributed by atoms with Gasteiger partial charge in [-0.3, -0.25) is 4.79 Å². The van der Waals surface area contributed by atoms with Gasteiger partial charge in [0.25, 0.3) is 5.91 Å². The largest absolute Gasteiger partial charge is 0.399 e. The highest BCUT2D eigenvalue weighted by Gasteiger charge is 2.12. The fraction of sp³-hybridized carbons (Fsp3) is 0.133. The van der Waals surface area contributed by atoms with Crippen LogP contribution in [0.5, 0.6) is 0 Å². The van der Waals surface area contributed by atoms with E-state index in [0.717, 1.165) is 11.3 Å². The Kier molecular flexibility index (Phi) is 4.15. The lowest BCUT2D eigenvalue weighted by molar-refractivity contribution is 0.0964. The highest BCUT2D eigenvalue weighted by Crippen LogP contribution is 2.28. The Morgan fingerprint density at radius 3 is 2.65 bits per heavy atom. The lowest BCUT2D eigenvalue weighted by Gasteiger charge is -2.14. The first kappa shape index (κ1) is 14.2. The molecule has 0 atom stereocenters. The van der Waals surface area contributed by atoms with E-state index in [9.17, 15) is 4.79 Å². The van der Waals surface area contributed by atoms with E-state index in [1.54, 1.807) is 25.2 Å². The first-order valence-corrected chi connectivity index (χ1v) is 6.54. The van der Waals surface area contributed by atoms with Gasteiger partial charge < -0.3 is 16.4 Å². The highest BCUT2D eigenvalue weighted by molar-refractivity contribution is 6.31. The SMILES string of the molecule is CNC(=O)c1cc(N)ccc1Nc1cccc(Cl)c1C. The summed E-state index contributed by atoms with van der Waals surface area (Å²) in [5.41, 5.74) is 9.23. The number of anilines is 3. The van der Waals surface area contributed by atoms with Gasteiger partial charge >= 0.3 is 0 Å². The summed E-state index contributed by atoms with van der Waals surface area (Å²) in [4.78, 5) is 11.9. The van der Waals surface area contributed by atoms with Crippen LogP contribution in [0.15, 0.2) is 36.4 Å². The van der Waals surface area contributed by atoms with Gasteiger partial charge in [0.05, 0.1) is 11.3 Å². The van der Waals surface area contributed by atoms with Crippen molar-refractivity contribution in [2.24, 2.45) is 0 Å². The molecule has 0 saturated carbocycles. The Hall–Kier alpha value is -2.20. The minimum atomic E-state index is -0.195. The highest BCUT2D eigenvalue weighted by atomic mass is 35.5. The molecular formula is C15H16ClN3O. The molecule has 2 aromatic rings. The van der Waals surface area contributed by atoms with Crippen LogP contribution in [-0.4, -0.2) is 13.0 Å². The Morgan fingerprint density at radius 2 is 1.95 bits per heavy atom. The number of nitrogens with two attached hydrogens (primary N) is 1. The van der Waals surface area contributed by atoms with Crippen molar-refractivity contribution < 1.29 is 4.79 Å². The van der Waals surface area contributed by atoms with Gasteiger partial charge in [0, 0.05) is 23.4 Å². The summed E-state index contributed by atoms with van der Waals surface area (Å²) in [5, 5.41) is 6.50. The third-order valence-corrected chi connectivity index (χ3v) is 3.46. The van der Waals surface area contributed by atoms with Crippen LogP contribution in [0, 0.1) is 6.92 Å². The molecule has 2 rings (SSSR count). The predicted molar refractivity (Wildman–Crippen MR) is 83.7 cm³/mol. The standard InChI is InChI=1S/C15H16ClN3O/c1-9-12(16)4-3-5-13(9)19-14-7-6-10(17)8-11(14)15(20)18-2/h3-8,19H,17H2,1-2H3,(H,18,20). The summed E-state index contributed by atoms with van der Waals surface area (Å²) >= 11 is 6.10. The Labute approximate surface area is 122 Å². The fourth-order valence-corrected chi connectivity index (χ4v) is 2.06. The maximum atomic E-state index is 11.9. The van der Waals surface area contributed by atoms with Gasteiger partial charge in [-0.05, 0) is 42.8 Å². The summed E-state index contributed by atoms with van der Waals surface area (Å²) in [5.74, 6) is -0.195. The smallest absolute Gasteiger partial charge is 0.253 e. The monoisotopic (exact) mass is 289 g/mol. The second kappa shape index (κ2) is 5.84. The quantitative estimate of drug-likeness (QED) is 0.759. The lowest BCUT2D eigenvalue weighted by Crippen LogP contribution is -2.19. The zero-order valence-corrected chi connectivity index (χ0v) is 12.1. The molecule has 0 aliphatic rings. The van der Waals surface area contributed by atoms with Gasteiger partial charge in [-0.25, -0.2) is 0 Å². The van der Waals surface area contributed by atoms with Crippen LogP contribution in [-0.2, 0) is 0 Å². The molecule has 0 unspecified atom stereocenters. The van der Waals surface area contributed by atoms with Crippen molar-refractivity contribution in [2.45, 2.75) is 6.92 Å². The number of amides is 1. The number of nitrogens with one attached hydrogen (secondary N) is 2. The molecule has 0 aliphatic carbocycles. The van der Waals surface area contributed by atoms with Gasteiger partial charge in [0.15, 0.2) is 0 Å². The van der Waals surface area contributed by atoms with Crippen LogP contribution in [0.1, 0.15) is 15.9 Å². The van der Waals surface area contributed by atoms with Crippen molar-refractivity contribution in [3.8, 4) is 0 Å². The minimum absolute atomic E-state index is 0.195. The second-order valence-electron chi connectivity index (χ2n) is 4.42. The Bertz CT molecular complexity index is 656. The first-order chi connectivity index (χ1) is 9.52. The van der Waals surface area contributed by atoms with Crippen molar-refractivity contribution in [2.75, 3.05) is 18.1 Å². The van der Waals surface area contributed by atoms with Crippen LogP contribution in [0.25, 0.3) is 0 Å². The van der Waals surface area contributed by atoms with Crippen LogP contribution >= 0.6 is 11.6 Å². The number of nitrogen functional groups attached to an aromatic ring is 1. The molecule has 0 aromatic heterocycles. The van der Waals surface area contributed by atoms with Crippen LogP contribution < -0.4 is 16.4 Å². The topological polar surface area (TPSA) is 67.2 Å². The van der Waals surface area contributed by atoms with Gasteiger partial charge in [0.1, 0.15) is 0 Å². The third kappa shape index (κ3) is 2.86. The number of halogens is 1. The molecule has 4 N–H and O–H groups in total. The molecule has 0 heterocycles. The second-order valence-corrected chi connectivity index (χ2v) is 4.83. The molecule has 0 saturated heterocycles. The molecule has 0 radical (unpaired) electrons. The van der Waals surface area contributed by atoms with E-state index < -0.39 is 0 Å². The Morgan fingerprint density at radius 1 is 1.20 bits per heavy atom. The number of hydrogen-bond acceptors (Lipinski definition) is 3. The van der Waals surface area contributed by atoms with Gasteiger partial charge in [-0.2, -0.15) is 0 Å². The number of carbonyl (C=O) groups is 1. The summed E-state index contributed by atoms with van der Waals surface area (Å²) < 4.78 is 0. The first-order valence-electron chi connectivity index (χ1n) is 6.16. The molecule has 5 heteroatoms. The van der Waals surface area contributed by atoms with E-state index in [2.05, 4.69) is 10.6 Å². The van der Waals surface area contributed by atoms with E-state index in [0.29, 0.717) is 22.0 Å². The van der Waals surface area contributed by atoms with E-state index in [1.807, 2.05) is 25.1 Å². The minimum Gasteiger partial charge on any atom is -0.399 e. The number of hydrogen-bond donors (Lipinski definition) is 3. The summed E-state index contributed by atoms with van der Waals surface area (Å²) in [6.45, 7) is 1.92. The summed E-state index contributed by atoms with van der Waals surface area (Å²) in [6.07, 6.45) is 0. The molecule has 0 bridgehead atoms. The molecule has 0 fully saturated rings. The fourth-order valence-electron chi connectivity index (χ4n) is 1.88. The van der Waals surface area contributed by atoms with Crippen molar-refractivity contribution in [1.29, 1.82) is 0 Å². The predicted octanol–water partition coefficient (Wildman–Crippen LogP) is 3.33.